The number of rotatable bonds is 4. The number of nitrogens with zero attached hydrogens (tertiary/aromatic N) is 1. The number of fused-ring (bicyclic) bond motifs is 1. The van der Waals surface area contributed by atoms with E-state index in [1.54, 1.807) is 0 Å². The van der Waals surface area contributed by atoms with Gasteiger partial charge in [0, 0.05) is 18.5 Å². The lowest BCUT2D eigenvalue weighted by atomic mass is 9.88. The average Bonchev–Trinajstić information content (AvgIpc) is 2.76. The lowest BCUT2D eigenvalue weighted by Gasteiger charge is -2.31. The Labute approximate surface area is 132 Å². The predicted molar refractivity (Wildman–Crippen MR) is 88.1 cm³/mol. The van der Waals surface area contributed by atoms with Crippen LogP contribution in [-0.4, -0.2) is 29.9 Å². The van der Waals surface area contributed by atoms with Crippen molar-refractivity contribution in [1.82, 2.24) is 10.3 Å². The Morgan fingerprint density at radius 2 is 2.14 bits per heavy atom. The van der Waals surface area contributed by atoms with Crippen molar-refractivity contribution in [3.05, 3.63) is 18.2 Å². The number of thiazole rings is 1. The number of hydrogen-bond donors (Lipinski definition) is 3. The highest BCUT2D eigenvalue weighted by molar-refractivity contribution is 7.22. The van der Waals surface area contributed by atoms with Crippen molar-refractivity contribution in [3.63, 3.8) is 0 Å². The lowest BCUT2D eigenvalue weighted by Crippen LogP contribution is -2.48. The molecule has 1 unspecified atom stereocenters. The van der Waals surface area contributed by atoms with Crippen LogP contribution in [0.25, 0.3) is 10.2 Å². The van der Waals surface area contributed by atoms with Crippen LogP contribution >= 0.6 is 11.3 Å². The SMILES string of the molecule is CC(=O)Nc1nc2ccc(NC(=O)C(C)C3CNC3)cc2s1. The van der Waals surface area contributed by atoms with Gasteiger partial charge >= 0.3 is 0 Å². The first-order chi connectivity index (χ1) is 10.5. The molecule has 6 nitrogen and oxygen atoms in total. The zero-order valence-corrected chi connectivity index (χ0v) is 13.3. The first-order valence-electron chi connectivity index (χ1n) is 7.22. The zero-order valence-electron chi connectivity index (χ0n) is 12.5. The largest absolute Gasteiger partial charge is 0.326 e. The summed E-state index contributed by atoms with van der Waals surface area (Å²) in [5.74, 6) is 0.305. The summed E-state index contributed by atoms with van der Waals surface area (Å²) in [4.78, 5) is 27.6. The van der Waals surface area contributed by atoms with Crippen LogP contribution < -0.4 is 16.0 Å². The summed E-state index contributed by atoms with van der Waals surface area (Å²) in [5, 5.41) is 9.39. The second kappa shape index (κ2) is 6.02. The van der Waals surface area contributed by atoms with Crippen LogP contribution in [-0.2, 0) is 9.59 Å². The molecule has 0 spiro atoms. The number of amides is 2. The molecular formula is C15H18N4O2S. The van der Waals surface area contributed by atoms with E-state index in [0.29, 0.717) is 11.0 Å². The molecule has 0 aliphatic carbocycles. The summed E-state index contributed by atoms with van der Waals surface area (Å²) >= 11 is 1.39. The van der Waals surface area contributed by atoms with Gasteiger partial charge in [0.05, 0.1) is 10.2 Å². The summed E-state index contributed by atoms with van der Waals surface area (Å²) < 4.78 is 0.930. The van der Waals surface area contributed by atoms with Crippen LogP contribution in [0.4, 0.5) is 10.8 Å². The summed E-state index contributed by atoms with van der Waals surface area (Å²) in [6.07, 6.45) is 0. The van der Waals surface area contributed by atoms with E-state index in [4.69, 9.17) is 0 Å². The maximum Gasteiger partial charge on any atom is 0.227 e. The fourth-order valence-electron chi connectivity index (χ4n) is 2.34. The molecule has 7 heteroatoms. The number of carbonyl (C=O) groups excluding carboxylic acids is 2. The van der Waals surface area contributed by atoms with Crippen molar-refractivity contribution in [3.8, 4) is 0 Å². The maximum atomic E-state index is 12.2. The van der Waals surface area contributed by atoms with Gasteiger partial charge in [-0.15, -0.1) is 0 Å². The van der Waals surface area contributed by atoms with E-state index in [1.807, 2.05) is 25.1 Å². The quantitative estimate of drug-likeness (QED) is 0.805. The van der Waals surface area contributed by atoms with Crippen molar-refractivity contribution < 1.29 is 9.59 Å². The molecule has 1 aliphatic rings. The third-order valence-electron chi connectivity index (χ3n) is 3.87. The molecule has 1 atom stereocenters. The average molecular weight is 318 g/mol. The zero-order chi connectivity index (χ0) is 15.7. The number of anilines is 2. The Balaban J connectivity index is 1.73. The second-order valence-corrected chi connectivity index (χ2v) is 6.61. The first-order valence-corrected chi connectivity index (χ1v) is 8.04. The monoisotopic (exact) mass is 318 g/mol. The molecule has 0 saturated carbocycles. The standard InChI is InChI=1S/C15H18N4O2S/c1-8(10-6-16-7-10)14(21)18-11-3-4-12-13(5-11)22-15(19-12)17-9(2)20/h3-5,8,10,16H,6-7H2,1-2H3,(H,18,21)(H,17,19,20). The Kier molecular flexibility index (Phi) is 4.08. The van der Waals surface area contributed by atoms with E-state index in [2.05, 4.69) is 20.9 Å². The molecule has 1 aromatic heterocycles. The fourth-order valence-corrected chi connectivity index (χ4v) is 3.29. The van der Waals surface area contributed by atoms with E-state index in [-0.39, 0.29) is 17.7 Å². The van der Waals surface area contributed by atoms with E-state index < -0.39 is 0 Å². The van der Waals surface area contributed by atoms with Gasteiger partial charge in [-0.3, -0.25) is 9.59 Å². The van der Waals surface area contributed by atoms with E-state index in [1.165, 1.54) is 18.3 Å². The summed E-state index contributed by atoms with van der Waals surface area (Å²) in [7, 11) is 0. The van der Waals surface area contributed by atoms with Crippen LogP contribution in [0.15, 0.2) is 18.2 Å². The van der Waals surface area contributed by atoms with Crippen LogP contribution in [0.2, 0.25) is 0 Å². The van der Waals surface area contributed by atoms with Crippen molar-refractivity contribution in [2.45, 2.75) is 13.8 Å². The third kappa shape index (κ3) is 3.10. The molecule has 22 heavy (non-hydrogen) atoms. The van der Waals surface area contributed by atoms with Crippen molar-refractivity contribution in [2.75, 3.05) is 23.7 Å². The highest BCUT2D eigenvalue weighted by Crippen LogP contribution is 2.29. The number of benzene rings is 1. The van der Waals surface area contributed by atoms with Crippen molar-refractivity contribution >= 4 is 44.2 Å². The Bertz CT molecular complexity index is 723. The Morgan fingerprint density at radius 3 is 2.77 bits per heavy atom. The summed E-state index contributed by atoms with van der Waals surface area (Å²) in [6.45, 7) is 5.22. The summed E-state index contributed by atoms with van der Waals surface area (Å²) in [5.41, 5.74) is 1.57. The Hall–Kier alpha value is -1.99. The van der Waals surface area contributed by atoms with Gasteiger partial charge in [0.15, 0.2) is 5.13 Å². The molecule has 1 aliphatic heterocycles. The molecular weight excluding hydrogens is 300 g/mol. The topological polar surface area (TPSA) is 83.1 Å². The minimum Gasteiger partial charge on any atom is -0.326 e. The molecule has 2 aromatic rings. The predicted octanol–water partition coefficient (Wildman–Crippen LogP) is 2.05. The number of carbonyl (C=O) groups is 2. The van der Waals surface area contributed by atoms with Crippen molar-refractivity contribution in [2.24, 2.45) is 11.8 Å². The van der Waals surface area contributed by atoms with Gasteiger partial charge < -0.3 is 16.0 Å². The number of nitrogens with one attached hydrogen (secondary N) is 3. The molecule has 1 saturated heterocycles. The number of hydrogen-bond acceptors (Lipinski definition) is 5. The molecule has 1 aromatic carbocycles. The fraction of sp³-hybridized carbons (Fsp3) is 0.400. The number of aromatic nitrogens is 1. The van der Waals surface area contributed by atoms with Gasteiger partial charge in [-0.1, -0.05) is 18.3 Å². The van der Waals surface area contributed by atoms with Gasteiger partial charge in [0.1, 0.15) is 0 Å². The molecule has 2 amide bonds. The molecule has 3 N–H and O–H groups in total. The second-order valence-electron chi connectivity index (χ2n) is 5.58. The van der Waals surface area contributed by atoms with Gasteiger partial charge in [-0.25, -0.2) is 4.98 Å². The molecule has 0 bridgehead atoms. The van der Waals surface area contributed by atoms with Crippen LogP contribution in [0.5, 0.6) is 0 Å². The van der Waals surface area contributed by atoms with Gasteiger partial charge in [-0.2, -0.15) is 0 Å². The van der Waals surface area contributed by atoms with Gasteiger partial charge in [0.25, 0.3) is 0 Å². The lowest BCUT2D eigenvalue weighted by molar-refractivity contribution is -0.121. The molecule has 0 radical (unpaired) electrons. The van der Waals surface area contributed by atoms with Crippen LogP contribution in [0, 0.1) is 11.8 Å². The first kappa shape index (κ1) is 14.9. The minimum absolute atomic E-state index is 0.00616. The minimum atomic E-state index is -0.143. The van der Waals surface area contributed by atoms with Crippen LogP contribution in [0.3, 0.4) is 0 Å². The van der Waals surface area contributed by atoms with Crippen LogP contribution in [0.1, 0.15) is 13.8 Å². The summed E-state index contributed by atoms with van der Waals surface area (Å²) in [6, 6.07) is 5.58. The smallest absolute Gasteiger partial charge is 0.227 e. The third-order valence-corrected chi connectivity index (χ3v) is 4.81. The van der Waals surface area contributed by atoms with Crippen molar-refractivity contribution in [1.29, 1.82) is 0 Å². The normalized spacial score (nSPS) is 16.1. The molecule has 3 rings (SSSR count). The van der Waals surface area contributed by atoms with Gasteiger partial charge in [0.2, 0.25) is 11.8 Å². The van der Waals surface area contributed by atoms with E-state index in [0.717, 1.165) is 29.0 Å². The van der Waals surface area contributed by atoms with Gasteiger partial charge in [-0.05, 0) is 37.2 Å². The van der Waals surface area contributed by atoms with E-state index >= 15 is 0 Å². The maximum absolute atomic E-state index is 12.2. The van der Waals surface area contributed by atoms with E-state index in [9.17, 15) is 9.59 Å². The Morgan fingerprint density at radius 1 is 1.36 bits per heavy atom. The highest BCUT2D eigenvalue weighted by atomic mass is 32.1. The molecule has 2 heterocycles. The molecule has 116 valence electrons. The highest BCUT2D eigenvalue weighted by Gasteiger charge is 2.28. The molecule has 1 fully saturated rings.